The van der Waals surface area contributed by atoms with E-state index in [0.29, 0.717) is 6.61 Å². The van der Waals surface area contributed by atoms with Crippen LogP contribution >= 0.6 is 0 Å². The molecule has 0 bridgehead atoms. The van der Waals surface area contributed by atoms with Crippen molar-refractivity contribution in [2.24, 2.45) is 0 Å². The quantitative estimate of drug-likeness (QED) is 0.841. The fraction of sp³-hybridized carbons (Fsp3) is 0.455. The summed E-state index contributed by atoms with van der Waals surface area (Å²) in [6, 6.07) is 1.91. The number of methoxy groups -OCH3 is 1. The normalized spacial score (nSPS) is 11.4. The molecule has 1 amide bonds. The van der Waals surface area contributed by atoms with E-state index in [2.05, 4.69) is 10.3 Å². The predicted molar refractivity (Wildman–Crippen MR) is 58.2 cm³/mol. The molecule has 0 radical (unpaired) electrons. The molecule has 0 aliphatic rings. The lowest BCUT2D eigenvalue weighted by Gasteiger charge is -2.10. The van der Waals surface area contributed by atoms with Gasteiger partial charge in [-0.15, -0.1) is 0 Å². The fourth-order valence-corrected chi connectivity index (χ4v) is 1.32. The van der Waals surface area contributed by atoms with Crippen LogP contribution in [0.3, 0.4) is 0 Å². The van der Waals surface area contributed by atoms with Crippen molar-refractivity contribution < 1.29 is 22.7 Å². The van der Waals surface area contributed by atoms with E-state index in [-0.39, 0.29) is 17.8 Å². The van der Waals surface area contributed by atoms with E-state index in [1.54, 1.807) is 0 Å². The Morgan fingerprint density at radius 2 is 2.11 bits per heavy atom. The van der Waals surface area contributed by atoms with Gasteiger partial charge in [-0.2, -0.15) is 13.2 Å². The van der Waals surface area contributed by atoms with Gasteiger partial charge in [-0.3, -0.25) is 4.79 Å². The van der Waals surface area contributed by atoms with Gasteiger partial charge in [0, 0.05) is 13.7 Å². The van der Waals surface area contributed by atoms with Crippen molar-refractivity contribution in [1.82, 2.24) is 10.3 Å². The van der Waals surface area contributed by atoms with Gasteiger partial charge >= 0.3 is 6.18 Å². The third-order valence-corrected chi connectivity index (χ3v) is 2.21. The molecule has 0 aliphatic heterocycles. The largest absolute Gasteiger partial charge is 0.433 e. The van der Waals surface area contributed by atoms with Crippen LogP contribution in [0.2, 0.25) is 0 Å². The highest BCUT2D eigenvalue weighted by atomic mass is 19.4. The van der Waals surface area contributed by atoms with Crippen molar-refractivity contribution in [1.29, 1.82) is 0 Å². The van der Waals surface area contributed by atoms with Crippen molar-refractivity contribution in [3.8, 4) is 0 Å². The first-order chi connectivity index (χ1) is 8.36. The average Bonchev–Trinajstić information content (AvgIpc) is 2.27. The molecule has 1 rings (SSSR count). The Morgan fingerprint density at radius 3 is 2.61 bits per heavy atom. The molecule has 0 unspecified atom stereocenters. The predicted octanol–water partition coefficient (Wildman–Crippen LogP) is 1.79. The van der Waals surface area contributed by atoms with Crippen LogP contribution < -0.4 is 5.32 Å². The molecular weight excluding hydrogens is 249 g/mol. The molecule has 1 heterocycles. The molecule has 4 nitrogen and oxygen atoms in total. The highest BCUT2D eigenvalue weighted by Crippen LogP contribution is 2.28. The Bertz CT molecular complexity index is 433. The monoisotopic (exact) mass is 262 g/mol. The third kappa shape index (κ3) is 3.69. The lowest BCUT2D eigenvalue weighted by Crippen LogP contribution is -2.28. The van der Waals surface area contributed by atoms with Gasteiger partial charge in [0.25, 0.3) is 5.91 Å². The molecule has 18 heavy (non-hydrogen) atoms. The van der Waals surface area contributed by atoms with Crippen LogP contribution in [0.25, 0.3) is 0 Å². The standard InChI is InChI=1S/C11H13F3N2O2/c1-7-8(10(17)15-5-6-18-2)3-4-9(16-7)11(12,13)14/h3-4H,5-6H2,1-2H3,(H,15,17). The first-order valence-corrected chi connectivity index (χ1v) is 5.18. The Balaban J connectivity index is 2.82. The number of alkyl halides is 3. The van der Waals surface area contributed by atoms with Gasteiger partial charge in [0.1, 0.15) is 5.69 Å². The average molecular weight is 262 g/mol. The summed E-state index contributed by atoms with van der Waals surface area (Å²) in [5.41, 5.74) is -0.840. The van der Waals surface area contributed by atoms with E-state index in [4.69, 9.17) is 4.74 Å². The van der Waals surface area contributed by atoms with E-state index in [0.717, 1.165) is 12.1 Å². The number of aromatic nitrogens is 1. The van der Waals surface area contributed by atoms with E-state index in [1.807, 2.05) is 0 Å². The summed E-state index contributed by atoms with van der Waals surface area (Å²) in [7, 11) is 1.48. The zero-order valence-electron chi connectivity index (χ0n) is 9.97. The van der Waals surface area contributed by atoms with Crippen molar-refractivity contribution >= 4 is 5.91 Å². The number of carbonyl (C=O) groups excluding carboxylic acids is 1. The topological polar surface area (TPSA) is 51.2 Å². The van der Waals surface area contributed by atoms with E-state index < -0.39 is 17.8 Å². The molecule has 1 aromatic heterocycles. The number of nitrogens with zero attached hydrogens (tertiary/aromatic N) is 1. The van der Waals surface area contributed by atoms with E-state index >= 15 is 0 Å². The number of aryl methyl sites for hydroxylation is 1. The van der Waals surface area contributed by atoms with Crippen molar-refractivity contribution in [3.05, 3.63) is 29.1 Å². The summed E-state index contributed by atoms with van der Waals surface area (Å²) in [5, 5.41) is 2.51. The van der Waals surface area contributed by atoms with Crippen LogP contribution in [-0.2, 0) is 10.9 Å². The van der Waals surface area contributed by atoms with Crippen LogP contribution in [-0.4, -0.2) is 31.2 Å². The Morgan fingerprint density at radius 1 is 1.44 bits per heavy atom. The summed E-state index contributed by atoms with van der Waals surface area (Å²) in [6.45, 7) is 1.98. The molecule has 1 N–H and O–H groups in total. The number of carbonyl (C=O) groups is 1. The Labute approximate surface area is 102 Å². The second kappa shape index (κ2) is 5.81. The summed E-state index contributed by atoms with van der Waals surface area (Å²) in [6.07, 6.45) is -4.50. The minimum Gasteiger partial charge on any atom is -0.383 e. The molecule has 0 spiro atoms. The Kier molecular flexibility index (Phi) is 4.66. The zero-order chi connectivity index (χ0) is 13.8. The molecule has 0 aromatic carbocycles. The number of hydrogen-bond acceptors (Lipinski definition) is 3. The SMILES string of the molecule is COCCNC(=O)c1ccc(C(F)(F)F)nc1C. The second-order valence-corrected chi connectivity index (χ2v) is 3.58. The molecule has 0 saturated carbocycles. The lowest BCUT2D eigenvalue weighted by atomic mass is 10.1. The first-order valence-electron chi connectivity index (χ1n) is 5.18. The van der Waals surface area contributed by atoms with E-state index in [1.165, 1.54) is 14.0 Å². The smallest absolute Gasteiger partial charge is 0.383 e. The summed E-state index contributed by atoms with van der Waals surface area (Å²) < 4.78 is 41.9. The van der Waals surface area contributed by atoms with Gasteiger partial charge in [-0.05, 0) is 19.1 Å². The highest BCUT2D eigenvalue weighted by Gasteiger charge is 2.32. The van der Waals surface area contributed by atoms with Crippen LogP contribution in [0.1, 0.15) is 21.7 Å². The number of halogens is 3. The minimum absolute atomic E-state index is 0.0414. The number of amides is 1. The maximum absolute atomic E-state index is 12.4. The van der Waals surface area contributed by atoms with Crippen LogP contribution in [0, 0.1) is 6.92 Å². The number of hydrogen-bond donors (Lipinski definition) is 1. The maximum atomic E-state index is 12.4. The summed E-state index contributed by atoms with van der Waals surface area (Å²) >= 11 is 0. The summed E-state index contributed by atoms with van der Waals surface area (Å²) in [5.74, 6) is -0.467. The number of nitrogens with one attached hydrogen (secondary N) is 1. The first kappa shape index (κ1) is 14.4. The lowest BCUT2D eigenvalue weighted by molar-refractivity contribution is -0.141. The molecule has 100 valence electrons. The van der Waals surface area contributed by atoms with Crippen LogP contribution in [0.5, 0.6) is 0 Å². The third-order valence-electron chi connectivity index (χ3n) is 2.21. The Hall–Kier alpha value is -1.63. The molecule has 0 fully saturated rings. The van der Waals surface area contributed by atoms with Gasteiger partial charge in [0.2, 0.25) is 0 Å². The van der Waals surface area contributed by atoms with Gasteiger partial charge in [0.15, 0.2) is 0 Å². The molecule has 1 aromatic rings. The van der Waals surface area contributed by atoms with Crippen LogP contribution in [0.4, 0.5) is 13.2 Å². The van der Waals surface area contributed by atoms with Gasteiger partial charge in [-0.1, -0.05) is 0 Å². The zero-order valence-corrected chi connectivity index (χ0v) is 9.97. The second-order valence-electron chi connectivity index (χ2n) is 3.58. The van der Waals surface area contributed by atoms with Crippen molar-refractivity contribution in [2.75, 3.05) is 20.3 Å². The molecule has 0 saturated heterocycles. The van der Waals surface area contributed by atoms with Crippen molar-refractivity contribution in [3.63, 3.8) is 0 Å². The number of rotatable bonds is 4. The molecule has 0 aliphatic carbocycles. The van der Waals surface area contributed by atoms with Gasteiger partial charge in [-0.25, -0.2) is 4.98 Å². The van der Waals surface area contributed by atoms with Crippen molar-refractivity contribution in [2.45, 2.75) is 13.1 Å². The summed E-state index contributed by atoms with van der Waals surface area (Å²) in [4.78, 5) is 15.0. The molecule has 0 atom stereocenters. The van der Waals surface area contributed by atoms with Gasteiger partial charge in [0.05, 0.1) is 17.9 Å². The molecular formula is C11H13F3N2O2. The fourth-order valence-electron chi connectivity index (χ4n) is 1.32. The molecule has 7 heteroatoms. The highest BCUT2D eigenvalue weighted by molar-refractivity contribution is 5.95. The van der Waals surface area contributed by atoms with Crippen LogP contribution in [0.15, 0.2) is 12.1 Å². The van der Waals surface area contributed by atoms with E-state index in [9.17, 15) is 18.0 Å². The number of pyridine rings is 1. The minimum atomic E-state index is -4.50. The number of ether oxygens (including phenoxy) is 1. The van der Waals surface area contributed by atoms with Gasteiger partial charge < -0.3 is 10.1 Å². The maximum Gasteiger partial charge on any atom is 0.433 e.